The summed E-state index contributed by atoms with van der Waals surface area (Å²) in [5.74, 6) is 0.759. The van der Waals surface area contributed by atoms with Crippen molar-refractivity contribution in [3.05, 3.63) is 146 Å². The Morgan fingerprint density at radius 2 is 1.13 bits per heavy atom. The van der Waals surface area contributed by atoms with E-state index in [0.717, 1.165) is 32.9 Å². The first kappa shape index (κ1) is 24.8. The molecule has 0 unspecified atom stereocenters. The van der Waals surface area contributed by atoms with Gasteiger partial charge in [0.05, 0.1) is 15.9 Å². The summed E-state index contributed by atoms with van der Waals surface area (Å²) < 4.78 is 2.35. The lowest BCUT2D eigenvalue weighted by molar-refractivity contribution is 1.24. The van der Waals surface area contributed by atoms with Gasteiger partial charge in [0.25, 0.3) is 0 Å². The van der Waals surface area contributed by atoms with Crippen LogP contribution in [0.15, 0.2) is 146 Å². The van der Waals surface area contributed by atoms with Gasteiger partial charge in [-0.1, -0.05) is 127 Å². The van der Waals surface area contributed by atoms with E-state index in [-0.39, 0.29) is 0 Å². The van der Waals surface area contributed by atoms with E-state index in [2.05, 4.69) is 146 Å². The molecule has 1 aliphatic carbocycles. The van der Waals surface area contributed by atoms with E-state index >= 15 is 0 Å². The molecule has 0 N–H and O–H groups in total. The van der Waals surface area contributed by atoms with Crippen LogP contribution in [0.4, 0.5) is 0 Å². The number of hydrogen-bond donors (Lipinski definition) is 0. The maximum absolute atomic E-state index is 5.45. The summed E-state index contributed by atoms with van der Waals surface area (Å²) in [5, 5.41) is 6.16. The van der Waals surface area contributed by atoms with Crippen LogP contribution in [-0.4, -0.2) is 9.97 Å². The molecule has 0 amide bonds. The van der Waals surface area contributed by atoms with Crippen molar-refractivity contribution in [1.29, 1.82) is 0 Å². The van der Waals surface area contributed by atoms with Crippen LogP contribution in [0.25, 0.3) is 97.9 Å². The first-order valence-corrected chi connectivity index (χ1v) is 16.1. The summed E-state index contributed by atoms with van der Waals surface area (Å²) in [6.07, 6.45) is 0. The Balaban J connectivity index is 1.31. The number of rotatable bonds is 3. The summed E-state index contributed by atoms with van der Waals surface area (Å²) in [7, 11) is 0. The largest absolute Gasteiger partial charge is 0.226 e. The minimum atomic E-state index is 0.759. The molecular weight excluding hydrogens is 565 g/mol. The van der Waals surface area contributed by atoms with E-state index in [9.17, 15) is 0 Å². The molecule has 0 atom stereocenters. The van der Waals surface area contributed by atoms with E-state index in [4.69, 9.17) is 9.97 Å². The molecule has 2 heterocycles. The third-order valence-corrected chi connectivity index (χ3v) is 10.4. The molecule has 9 aromatic rings. The lowest BCUT2D eigenvalue weighted by atomic mass is 9.90. The Morgan fingerprint density at radius 1 is 0.444 bits per heavy atom. The van der Waals surface area contributed by atoms with Gasteiger partial charge < -0.3 is 0 Å². The van der Waals surface area contributed by atoms with Crippen LogP contribution in [-0.2, 0) is 0 Å². The fraction of sp³-hybridized carbons (Fsp3) is 0. The third kappa shape index (κ3) is 3.62. The van der Waals surface area contributed by atoms with Crippen molar-refractivity contribution in [3.8, 4) is 56.0 Å². The highest BCUT2D eigenvalue weighted by atomic mass is 32.1. The molecule has 0 bridgehead atoms. The number of aromatic nitrogens is 2. The van der Waals surface area contributed by atoms with Crippen molar-refractivity contribution in [2.45, 2.75) is 0 Å². The molecule has 0 spiro atoms. The molecule has 208 valence electrons. The zero-order valence-corrected chi connectivity index (χ0v) is 25.0. The van der Waals surface area contributed by atoms with Gasteiger partial charge in [0, 0.05) is 26.8 Å². The van der Waals surface area contributed by atoms with Gasteiger partial charge in [0.15, 0.2) is 5.82 Å². The maximum Gasteiger partial charge on any atom is 0.161 e. The van der Waals surface area contributed by atoms with Crippen LogP contribution in [0.2, 0.25) is 0 Å². The summed E-state index contributed by atoms with van der Waals surface area (Å²) in [5.41, 5.74) is 11.6. The lowest BCUT2D eigenvalue weighted by Gasteiger charge is -2.15. The fourth-order valence-electron chi connectivity index (χ4n) is 7.21. The van der Waals surface area contributed by atoms with Crippen LogP contribution >= 0.6 is 11.3 Å². The summed E-state index contributed by atoms with van der Waals surface area (Å²) in [6.45, 7) is 0. The number of nitrogens with zero attached hydrogens (tertiary/aromatic N) is 2. The normalized spacial score (nSPS) is 12.0. The number of benzene rings is 7. The summed E-state index contributed by atoms with van der Waals surface area (Å²) >= 11 is 1.78. The Hall–Kier alpha value is -5.64. The minimum absolute atomic E-state index is 0.759. The highest BCUT2D eigenvalue weighted by Gasteiger charge is 2.29. The number of hydrogen-bond acceptors (Lipinski definition) is 3. The van der Waals surface area contributed by atoms with E-state index in [0.29, 0.717) is 0 Å². The van der Waals surface area contributed by atoms with Gasteiger partial charge in [-0.3, -0.25) is 0 Å². The van der Waals surface area contributed by atoms with Gasteiger partial charge in [-0.05, 0) is 67.6 Å². The van der Waals surface area contributed by atoms with Crippen LogP contribution in [0, 0.1) is 0 Å². The average Bonchev–Trinajstić information content (AvgIpc) is 3.65. The van der Waals surface area contributed by atoms with Crippen molar-refractivity contribution in [2.75, 3.05) is 0 Å². The fourth-order valence-corrected chi connectivity index (χ4v) is 8.36. The molecule has 7 aromatic carbocycles. The molecule has 45 heavy (non-hydrogen) atoms. The summed E-state index contributed by atoms with van der Waals surface area (Å²) in [4.78, 5) is 10.8. The molecule has 1 aliphatic rings. The van der Waals surface area contributed by atoms with Gasteiger partial charge in [-0.25, -0.2) is 9.97 Å². The van der Waals surface area contributed by atoms with Crippen LogP contribution < -0.4 is 0 Å². The smallest absolute Gasteiger partial charge is 0.161 e. The predicted molar refractivity (Wildman–Crippen MR) is 191 cm³/mol. The third-order valence-electron chi connectivity index (χ3n) is 9.22. The standard InChI is InChI=1S/C42H24N2S/c1-2-11-26(12-3-1)30-22-23-34(38-33-18-9-15-27-14-8-17-32(36(27)33)37(30)38)42-43-39(29-21-20-25-10-4-5-13-28(25)24-29)41-40(44-42)31-16-6-7-19-35(31)45-41/h1-24H. The second-order valence-electron chi connectivity index (χ2n) is 11.7. The monoisotopic (exact) mass is 588 g/mol. The van der Waals surface area contributed by atoms with Crippen molar-refractivity contribution in [1.82, 2.24) is 9.97 Å². The first-order chi connectivity index (χ1) is 22.3. The van der Waals surface area contributed by atoms with Crippen molar-refractivity contribution in [2.24, 2.45) is 0 Å². The Bertz CT molecular complexity index is 2640. The molecule has 2 aromatic heterocycles. The highest BCUT2D eigenvalue weighted by Crippen LogP contribution is 2.54. The lowest BCUT2D eigenvalue weighted by Crippen LogP contribution is -1.96. The van der Waals surface area contributed by atoms with Gasteiger partial charge in [0.1, 0.15) is 0 Å². The van der Waals surface area contributed by atoms with Crippen LogP contribution in [0.5, 0.6) is 0 Å². The van der Waals surface area contributed by atoms with E-state index in [1.807, 2.05) is 0 Å². The highest BCUT2D eigenvalue weighted by molar-refractivity contribution is 7.26. The molecule has 0 radical (unpaired) electrons. The minimum Gasteiger partial charge on any atom is -0.226 e. The van der Waals surface area contributed by atoms with E-state index < -0.39 is 0 Å². The number of thiophene rings is 1. The van der Waals surface area contributed by atoms with E-state index in [1.165, 1.54) is 65.0 Å². The molecule has 10 rings (SSSR count). The van der Waals surface area contributed by atoms with Crippen molar-refractivity contribution >= 4 is 53.2 Å². The zero-order chi connectivity index (χ0) is 29.5. The molecule has 0 fully saturated rings. The Labute approximate surface area is 263 Å². The van der Waals surface area contributed by atoms with Crippen molar-refractivity contribution < 1.29 is 0 Å². The Kier molecular flexibility index (Phi) is 5.19. The van der Waals surface area contributed by atoms with Gasteiger partial charge in [-0.2, -0.15) is 0 Å². The second kappa shape index (κ2) is 9.43. The summed E-state index contributed by atoms with van der Waals surface area (Å²) in [6, 6.07) is 52.3. The number of fused-ring (bicyclic) bond motifs is 7. The SMILES string of the molecule is c1ccc(-c2ccc(-c3nc(-c4ccc5ccccc5c4)c4sc5ccccc5c4n3)c3c2-c2cccc4cccc-3c24)cc1. The van der Waals surface area contributed by atoms with E-state index in [1.54, 1.807) is 11.3 Å². The average molecular weight is 589 g/mol. The predicted octanol–water partition coefficient (Wildman–Crippen LogP) is 11.8. The van der Waals surface area contributed by atoms with Gasteiger partial charge in [0.2, 0.25) is 0 Å². The molecule has 0 saturated heterocycles. The molecule has 3 heteroatoms. The molecule has 0 saturated carbocycles. The first-order valence-electron chi connectivity index (χ1n) is 15.3. The molecule has 0 aliphatic heterocycles. The second-order valence-corrected chi connectivity index (χ2v) is 12.8. The quantitative estimate of drug-likeness (QED) is 0.205. The molecule has 2 nitrogen and oxygen atoms in total. The van der Waals surface area contributed by atoms with Gasteiger partial charge in [-0.15, -0.1) is 11.3 Å². The molecular formula is C42H24N2S. The zero-order valence-electron chi connectivity index (χ0n) is 24.2. The topological polar surface area (TPSA) is 25.8 Å². The van der Waals surface area contributed by atoms with Gasteiger partial charge >= 0.3 is 0 Å². The Morgan fingerprint density at radius 3 is 1.98 bits per heavy atom. The van der Waals surface area contributed by atoms with Crippen LogP contribution in [0.1, 0.15) is 0 Å². The maximum atomic E-state index is 5.45. The van der Waals surface area contributed by atoms with Crippen LogP contribution in [0.3, 0.4) is 0 Å². The van der Waals surface area contributed by atoms with Crippen molar-refractivity contribution in [3.63, 3.8) is 0 Å².